The fraction of sp³-hybridized carbons (Fsp3) is 0.393. The van der Waals surface area contributed by atoms with Gasteiger partial charge in [-0.1, -0.05) is 41.6 Å². The molecule has 1 aromatic carbocycles. The molecule has 0 saturated heterocycles. The lowest BCUT2D eigenvalue weighted by Gasteiger charge is -2.24. The number of ether oxygens (including phenoxy) is 2. The van der Waals surface area contributed by atoms with Crippen molar-refractivity contribution in [2.75, 3.05) is 18.7 Å². The molecule has 4 heterocycles. The molecule has 2 aliphatic heterocycles. The van der Waals surface area contributed by atoms with E-state index < -0.39 is 11.9 Å². The van der Waals surface area contributed by atoms with Crippen molar-refractivity contribution < 1.29 is 23.9 Å². The number of nitrogens with one attached hydrogen (secondary N) is 1. The van der Waals surface area contributed by atoms with Crippen molar-refractivity contribution in [1.82, 2.24) is 10.1 Å². The second-order valence-electron chi connectivity index (χ2n) is 9.39. The van der Waals surface area contributed by atoms with Gasteiger partial charge in [-0.15, -0.1) is 0 Å². The largest absolute Gasteiger partial charge is 0.481 e. The molecular formula is C28H31N3O5. The third-order valence-corrected chi connectivity index (χ3v) is 6.75. The van der Waals surface area contributed by atoms with Crippen molar-refractivity contribution in [3.8, 4) is 0 Å². The Morgan fingerprint density at radius 3 is 2.78 bits per heavy atom. The molecule has 0 spiro atoms. The van der Waals surface area contributed by atoms with Crippen molar-refractivity contribution in [2.24, 2.45) is 5.92 Å². The predicted molar refractivity (Wildman–Crippen MR) is 133 cm³/mol. The lowest BCUT2D eigenvalue weighted by Crippen LogP contribution is -2.21. The maximum atomic E-state index is 11.8. The van der Waals surface area contributed by atoms with Crippen LogP contribution in [0.1, 0.15) is 53.5 Å². The van der Waals surface area contributed by atoms with Gasteiger partial charge in [-0.3, -0.25) is 4.79 Å². The van der Waals surface area contributed by atoms with Crippen molar-refractivity contribution in [2.45, 2.75) is 50.9 Å². The first-order valence-electron chi connectivity index (χ1n) is 12.5. The van der Waals surface area contributed by atoms with Gasteiger partial charge >= 0.3 is 5.97 Å². The normalized spacial score (nSPS) is 16.2. The van der Waals surface area contributed by atoms with E-state index in [0.717, 1.165) is 61.4 Å². The number of fused-ring (bicyclic) bond motifs is 1. The molecule has 2 aromatic heterocycles. The molecule has 8 nitrogen and oxygen atoms in total. The first-order valence-corrected chi connectivity index (χ1v) is 12.5. The van der Waals surface area contributed by atoms with Crippen molar-refractivity contribution in [3.05, 3.63) is 88.8 Å². The number of anilines is 1. The van der Waals surface area contributed by atoms with E-state index in [-0.39, 0.29) is 19.1 Å². The number of aliphatic carboxylic acids is 1. The summed E-state index contributed by atoms with van der Waals surface area (Å²) in [4.78, 5) is 16.5. The Labute approximate surface area is 210 Å². The van der Waals surface area contributed by atoms with E-state index in [1.807, 2.05) is 36.4 Å². The molecule has 0 aliphatic carbocycles. The molecule has 0 fully saturated rings. The zero-order chi connectivity index (χ0) is 24.7. The van der Waals surface area contributed by atoms with E-state index in [1.54, 1.807) is 6.26 Å². The van der Waals surface area contributed by atoms with Crippen LogP contribution >= 0.6 is 0 Å². The van der Waals surface area contributed by atoms with Gasteiger partial charge in [0.1, 0.15) is 23.6 Å². The first kappa shape index (κ1) is 23.9. The molecule has 2 atom stereocenters. The van der Waals surface area contributed by atoms with Gasteiger partial charge in [0.05, 0.1) is 11.6 Å². The van der Waals surface area contributed by atoms with Gasteiger partial charge in [0.25, 0.3) is 0 Å². The number of allylic oxidation sites excluding steroid dienone is 1. The molecule has 8 heteroatoms. The number of hydrogen-bond donors (Lipinski definition) is 2. The maximum Gasteiger partial charge on any atom is 0.303 e. The zero-order valence-electron chi connectivity index (χ0n) is 20.2. The summed E-state index contributed by atoms with van der Waals surface area (Å²) in [6.07, 6.45) is 6.78. The second-order valence-corrected chi connectivity index (χ2v) is 9.39. The maximum absolute atomic E-state index is 11.8. The number of carboxylic acids is 1. The van der Waals surface area contributed by atoms with E-state index in [4.69, 9.17) is 19.0 Å². The van der Waals surface area contributed by atoms with Gasteiger partial charge < -0.3 is 24.4 Å². The van der Waals surface area contributed by atoms with Crippen LogP contribution < -0.4 is 5.32 Å². The Balaban J connectivity index is 1.29. The third kappa shape index (κ3) is 5.87. The number of benzene rings is 1. The van der Waals surface area contributed by atoms with Gasteiger partial charge in [-0.2, -0.15) is 0 Å². The minimum Gasteiger partial charge on any atom is -0.481 e. The Hall–Kier alpha value is -3.81. The number of carboxylic acid groups (broad SMARTS) is 1. The number of pyridine rings is 1. The summed E-state index contributed by atoms with van der Waals surface area (Å²) in [5.74, 6) is 0.627. The Morgan fingerprint density at radius 1 is 1.11 bits per heavy atom. The van der Waals surface area contributed by atoms with Crippen LogP contribution in [0.4, 0.5) is 5.82 Å². The van der Waals surface area contributed by atoms with Crippen LogP contribution in [0.3, 0.4) is 0 Å². The monoisotopic (exact) mass is 489 g/mol. The molecule has 0 radical (unpaired) electrons. The van der Waals surface area contributed by atoms with Crippen molar-refractivity contribution in [1.29, 1.82) is 0 Å². The van der Waals surface area contributed by atoms with Crippen molar-refractivity contribution >= 4 is 11.8 Å². The average molecular weight is 490 g/mol. The highest BCUT2D eigenvalue weighted by Crippen LogP contribution is 2.39. The standard InChI is InChI=1S/C28H31N3O5/c32-26(33)15-21(14-19-6-2-1-3-7-19)27(25-17-34-18-35-25)24-16-23(31-36-24)10-4-9-22-12-11-20-8-5-13-29-28(20)30-22/h1-3,6-7,11-12,16-17,21,27H,4-5,8-10,13-15,18H2,(H,29,30)(H,32,33). The topological polar surface area (TPSA) is 107 Å². The quantitative estimate of drug-likeness (QED) is 0.393. The minimum absolute atomic E-state index is 0.0334. The third-order valence-electron chi connectivity index (χ3n) is 6.75. The van der Waals surface area contributed by atoms with Crippen molar-refractivity contribution in [3.63, 3.8) is 0 Å². The summed E-state index contributed by atoms with van der Waals surface area (Å²) in [5.41, 5.74) is 4.24. The van der Waals surface area contributed by atoms with Crippen LogP contribution in [-0.4, -0.2) is 34.6 Å². The Morgan fingerprint density at radius 2 is 1.97 bits per heavy atom. The van der Waals surface area contributed by atoms with E-state index in [9.17, 15) is 9.90 Å². The van der Waals surface area contributed by atoms with Crippen LogP contribution in [0.5, 0.6) is 0 Å². The van der Waals surface area contributed by atoms with E-state index in [1.165, 1.54) is 5.56 Å². The number of rotatable bonds is 11. The lowest BCUT2D eigenvalue weighted by molar-refractivity contribution is -0.138. The summed E-state index contributed by atoms with van der Waals surface area (Å²) >= 11 is 0. The number of hydrogen-bond acceptors (Lipinski definition) is 7. The van der Waals surface area contributed by atoms with Gasteiger partial charge in [-0.05, 0) is 61.6 Å². The molecule has 36 heavy (non-hydrogen) atoms. The molecule has 3 aromatic rings. The highest BCUT2D eigenvalue weighted by Gasteiger charge is 2.35. The summed E-state index contributed by atoms with van der Waals surface area (Å²) in [5, 5.41) is 17.3. The first-order chi connectivity index (χ1) is 17.7. The van der Waals surface area contributed by atoms with Crippen LogP contribution in [-0.2, 0) is 40.0 Å². The average Bonchev–Trinajstić information content (AvgIpc) is 3.58. The minimum atomic E-state index is -0.868. The summed E-state index contributed by atoms with van der Waals surface area (Å²) in [7, 11) is 0. The molecule has 2 N–H and O–H groups in total. The van der Waals surface area contributed by atoms with Gasteiger partial charge in [0, 0.05) is 24.7 Å². The number of aromatic nitrogens is 2. The molecule has 188 valence electrons. The highest BCUT2D eigenvalue weighted by atomic mass is 16.7. The van der Waals surface area contributed by atoms with E-state index in [0.29, 0.717) is 17.9 Å². The molecular weight excluding hydrogens is 458 g/mol. The SMILES string of the molecule is O=C(O)CC(Cc1ccccc1)C(C1=COCO1)c1cc(CCCc2ccc3c(n2)NCCC3)no1. The molecule has 0 amide bonds. The number of aryl methyl sites for hydroxylation is 3. The van der Waals surface area contributed by atoms with Gasteiger partial charge in [-0.25, -0.2) is 4.98 Å². The zero-order valence-corrected chi connectivity index (χ0v) is 20.2. The molecule has 0 saturated carbocycles. The van der Waals surface area contributed by atoms with E-state index >= 15 is 0 Å². The number of carbonyl (C=O) groups is 1. The van der Waals surface area contributed by atoms with Gasteiger partial charge in [0.15, 0.2) is 0 Å². The summed E-state index contributed by atoms with van der Waals surface area (Å²) in [6, 6.07) is 16.1. The lowest BCUT2D eigenvalue weighted by atomic mass is 9.81. The molecule has 5 rings (SSSR count). The van der Waals surface area contributed by atoms with Gasteiger partial charge in [0.2, 0.25) is 6.79 Å². The molecule has 2 unspecified atom stereocenters. The summed E-state index contributed by atoms with van der Waals surface area (Å²) < 4.78 is 16.8. The Bertz CT molecular complexity index is 1210. The fourth-order valence-electron chi connectivity index (χ4n) is 5.02. The van der Waals surface area contributed by atoms with Crippen LogP contribution in [0.2, 0.25) is 0 Å². The van der Waals surface area contributed by atoms with Crippen LogP contribution in [0.15, 0.2) is 65.1 Å². The summed E-state index contributed by atoms with van der Waals surface area (Å²) in [6.45, 7) is 1.09. The molecule has 0 bridgehead atoms. The Kier molecular flexibility index (Phi) is 7.50. The van der Waals surface area contributed by atoms with Crippen LogP contribution in [0, 0.1) is 5.92 Å². The fourth-order valence-corrected chi connectivity index (χ4v) is 5.02. The second kappa shape index (κ2) is 11.3. The highest BCUT2D eigenvalue weighted by molar-refractivity contribution is 5.67. The van der Waals surface area contributed by atoms with Crippen LogP contribution in [0.25, 0.3) is 0 Å². The predicted octanol–water partition coefficient (Wildman–Crippen LogP) is 4.87. The van der Waals surface area contributed by atoms with E-state index in [2.05, 4.69) is 22.6 Å². The number of nitrogens with zero attached hydrogens (tertiary/aromatic N) is 2. The smallest absolute Gasteiger partial charge is 0.303 e. The molecule has 2 aliphatic rings.